The lowest BCUT2D eigenvalue weighted by Gasteiger charge is -2.30. The Balaban J connectivity index is 1.80. The van der Waals surface area contributed by atoms with Gasteiger partial charge in [0.2, 0.25) is 0 Å². The molecule has 19 heavy (non-hydrogen) atoms. The first kappa shape index (κ1) is 12.6. The van der Waals surface area contributed by atoms with Crippen molar-refractivity contribution in [3.8, 4) is 0 Å². The van der Waals surface area contributed by atoms with Crippen LogP contribution in [0.3, 0.4) is 0 Å². The maximum Gasteiger partial charge on any atom is 0.0705 e. The van der Waals surface area contributed by atoms with Crippen molar-refractivity contribution in [2.24, 2.45) is 17.6 Å². The monoisotopic (exact) mass is 254 g/mol. The number of benzene rings is 1. The second-order valence-electron chi connectivity index (χ2n) is 5.74. The SMILES string of the molecule is NCC1CCCCC1Cc1ccc2ccccc2n1. The van der Waals surface area contributed by atoms with Crippen LogP contribution < -0.4 is 5.73 Å². The summed E-state index contributed by atoms with van der Waals surface area (Å²) in [6, 6.07) is 12.7. The van der Waals surface area contributed by atoms with Crippen molar-refractivity contribution in [1.82, 2.24) is 4.98 Å². The summed E-state index contributed by atoms with van der Waals surface area (Å²) in [5.74, 6) is 1.43. The van der Waals surface area contributed by atoms with Crippen LogP contribution in [0.4, 0.5) is 0 Å². The molecular formula is C17H22N2. The predicted octanol–water partition coefficient (Wildman–Crippen LogP) is 3.54. The van der Waals surface area contributed by atoms with Crippen LogP contribution in [-0.4, -0.2) is 11.5 Å². The maximum absolute atomic E-state index is 5.92. The van der Waals surface area contributed by atoms with Gasteiger partial charge in [-0.25, -0.2) is 0 Å². The van der Waals surface area contributed by atoms with Gasteiger partial charge < -0.3 is 5.73 Å². The Morgan fingerprint density at radius 1 is 1.00 bits per heavy atom. The zero-order valence-electron chi connectivity index (χ0n) is 11.4. The Hall–Kier alpha value is -1.41. The summed E-state index contributed by atoms with van der Waals surface area (Å²) < 4.78 is 0. The van der Waals surface area contributed by atoms with Crippen molar-refractivity contribution < 1.29 is 0 Å². The molecule has 1 fully saturated rings. The van der Waals surface area contributed by atoms with E-state index in [0.717, 1.165) is 24.4 Å². The van der Waals surface area contributed by atoms with Crippen LogP contribution >= 0.6 is 0 Å². The molecule has 0 saturated heterocycles. The number of hydrogen-bond donors (Lipinski definition) is 1. The van der Waals surface area contributed by atoms with Crippen LogP contribution in [0.15, 0.2) is 36.4 Å². The molecule has 1 aromatic heterocycles. The van der Waals surface area contributed by atoms with E-state index in [4.69, 9.17) is 10.7 Å². The van der Waals surface area contributed by atoms with E-state index in [1.54, 1.807) is 0 Å². The molecule has 2 nitrogen and oxygen atoms in total. The molecule has 3 rings (SSSR count). The molecule has 1 aromatic carbocycles. The summed E-state index contributed by atoms with van der Waals surface area (Å²) in [6.07, 6.45) is 6.41. The van der Waals surface area contributed by atoms with E-state index in [9.17, 15) is 0 Å². The van der Waals surface area contributed by atoms with Gasteiger partial charge >= 0.3 is 0 Å². The van der Waals surface area contributed by atoms with Crippen molar-refractivity contribution in [1.29, 1.82) is 0 Å². The molecule has 100 valence electrons. The normalized spacial score (nSPS) is 23.6. The molecule has 1 aliphatic carbocycles. The van der Waals surface area contributed by atoms with Crippen LogP contribution in [0, 0.1) is 11.8 Å². The number of nitrogens with two attached hydrogens (primary N) is 1. The van der Waals surface area contributed by atoms with Crippen molar-refractivity contribution in [2.75, 3.05) is 6.54 Å². The van der Waals surface area contributed by atoms with Crippen LogP contribution in [0.2, 0.25) is 0 Å². The van der Waals surface area contributed by atoms with Gasteiger partial charge in [0.05, 0.1) is 5.52 Å². The molecule has 0 aliphatic heterocycles. The van der Waals surface area contributed by atoms with E-state index in [1.165, 1.54) is 36.8 Å². The number of nitrogens with zero attached hydrogens (tertiary/aromatic N) is 1. The third-order valence-electron chi connectivity index (χ3n) is 4.50. The van der Waals surface area contributed by atoms with Crippen molar-refractivity contribution >= 4 is 10.9 Å². The fourth-order valence-electron chi connectivity index (χ4n) is 3.35. The molecular weight excluding hydrogens is 232 g/mol. The lowest BCUT2D eigenvalue weighted by molar-refractivity contribution is 0.240. The first-order valence-corrected chi connectivity index (χ1v) is 7.41. The van der Waals surface area contributed by atoms with Crippen LogP contribution in [0.25, 0.3) is 10.9 Å². The number of para-hydroxylation sites is 1. The third-order valence-corrected chi connectivity index (χ3v) is 4.50. The van der Waals surface area contributed by atoms with Crippen molar-refractivity contribution in [3.05, 3.63) is 42.1 Å². The molecule has 0 radical (unpaired) electrons. The van der Waals surface area contributed by atoms with E-state index in [1.807, 2.05) is 0 Å². The topological polar surface area (TPSA) is 38.9 Å². The van der Waals surface area contributed by atoms with Gasteiger partial charge in [0.1, 0.15) is 0 Å². The smallest absolute Gasteiger partial charge is 0.0705 e. The molecule has 2 atom stereocenters. The lowest BCUT2D eigenvalue weighted by atomic mass is 9.77. The highest BCUT2D eigenvalue weighted by Gasteiger charge is 2.24. The number of fused-ring (bicyclic) bond motifs is 1. The summed E-state index contributed by atoms with van der Waals surface area (Å²) in [7, 11) is 0. The minimum atomic E-state index is 0.696. The Morgan fingerprint density at radius 2 is 1.79 bits per heavy atom. The molecule has 2 N–H and O–H groups in total. The summed E-state index contributed by atoms with van der Waals surface area (Å²) >= 11 is 0. The van der Waals surface area contributed by atoms with Crippen molar-refractivity contribution in [2.45, 2.75) is 32.1 Å². The third kappa shape index (κ3) is 2.79. The molecule has 1 aliphatic rings. The Morgan fingerprint density at radius 3 is 2.63 bits per heavy atom. The van der Waals surface area contributed by atoms with Gasteiger partial charge in [0, 0.05) is 11.1 Å². The second kappa shape index (κ2) is 5.70. The molecule has 2 unspecified atom stereocenters. The van der Waals surface area contributed by atoms with Gasteiger partial charge in [-0.3, -0.25) is 4.98 Å². The van der Waals surface area contributed by atoms with Crippen LogP contribution in [-0.2, 0) is 6.42 Å². The fourth-order valence-corrected chi connectivity index (χ4v) is 3.35. The maximum atomic E-state index is 5.92. The predicted molar refractivity (Wildman–Crippen MR) is 79.9 cm³/mol. The fraction of sp³-hybridized carbons (Fsp3) is 0.471. The van der Waals surface area contributed by atoms with E-state index in [2.05, 4.69) is 36.4 Å². The number of hydrogen-bond acceptors (Lipinski definition) is 2. The van der Waals surface area contributed by atoms with E-state index in [0.29, 0.717) is 5.92 Å². The molecule has 0 amide bonds. The molecule has 1 saturated carbocycles. The van der Waals surface area contributed by atoms with E-state index >= 15 is 0 Å². The first-order chi connectivity index (χ1) is 9.36. The first-order valence-electron chi connectivity index (χ1n) is 7.41. The largest absolute Gasteiger partial charge is 0.330 e. The van der Waals surface area contributed by atoms with Crippen LogP contribution in [0.5, 0.6) is 0 Å². The molecule has 2 heteroatoms. The summed E-state index contributed by atoms with van der Waals surface area (Å²) in [5, 5.41) is 1.23. The number of rotatable bonds is 3. The Kier molecular flexibility index (Phi) is 3.79. The number of pyridine rings is 1. The van der Waals surface area contributed by atoms with Gasteiger partial charge in [-0.1, -0.05) is 37.1 Å². The molecule has 0 spiro atoms. The molecule has 0 bridgehead atoms. The zero-order chi connectivity index (χ0) is 13.1. The highest BCUT2D eigenvalue weighted by atomic mass is 14.7. The van der Waals surface area contributed by atoms with E-state index in [-0.39, 0.29) is 0 Å². The second-order valence-corrected chi connectivity index (χ2v) is 5.74. The van der Waals surface area contributed by atoms with Gasteiger partial charge in [-0.2, -0.15) is 0 Å². The summed E-state index contributed by atoms with van der Waals surface area (Å²) in [4.78, 5) is 4.80. The zero-order valence-corrected chi connectivity index (χ0v) is 11.4. The minimum absolute atomic E-state index is 0.696. The molecule has 1 heterocycles. The molecule has 2 aromatic rings. The van der Waals surface area contributed by atoms with Gasteiger partial charge in [0.25, 0.3) is 0 Å². The average molecular weight is 254 g/mol. The Bertz CT molecular complexity index is 550. The van der Waals surface area contributed by atoms with Gasteiger partial charge in [-0.05, 0) is 49.8 Å². The summed E-state index contributed by atoms with van der Waals surface area (Å²) in [5.41, 5.74) is 8.25. The standard InChI is InChI=1S/C17H22N2/c18-12-15-7-2-1-6-14(15)11-16-10-9-13-5-3-4-8-17(13)19-16/h3-5,8-10,14-15H,1-2,6-7,11-12,18H2. The lowest BCUT2D eigenvalue weighted by Crippen LogP contribution is -2.28. The van der Waals surface area contributed by atoms with Gasteiger partial charge in [0.15, 0.2) is 0 Å². The van der Waals surface area contributed by atoms with E-state index < -0.39 is 0 Å². The number of aromatic nitrogens is 1. The quantitative estimate of drug-likeness (QED) is 0.910. The van der Waals surface area contributed by atoms with Gasteiger partial charge in [-0.15, -0.1) is 0 Å². The minimum Gasteiger partial charge on any atom is -0.330 e. The van der Waals surface area contributed by atoms with Crippen molar-refractivity contribution in [3.63, 3.8) is 0 Å². The Labute approximate surface area is 115 Å². The average Bonchev–Trinajstić information content (AvgIpc) is 2.48. The summed E-state index contributed by atoms with van der Waals surface area (Å²) in [6.45, 7) is 0.832. The van der Waals surface area contributed by atoms with Crippen LogP contribution in [0.1, 0.15) is 31.4 Å². The highest BCUT2D eigenvalue weighted by Crippen LogP contribution is 2.31. The highest BCUT2D eigenvalue weighted by molar-refractivity contribution is 5.78.